The predicted molar refractivity (Wildman–Crippen MR) is 106 cm³/mol. The SMILES string of the molecule is CC(=O)NC1(c2ccc(CN3CCN(c4ncc(C)s4)CC3)cc2)CC1. The van der Waals surface area contributed by atoms with Crippen LogP contribution in [0.4, 0.5) is 5.13 Å². The molecule has 0 spiro atoms. The first-order valence-electron chi connectivity index (χ1n) is 9.32. The summed E-state index contributed by atoms with van der Waals surface area (Å²) < 4.78 is 0. The number of nitrogens with one attached hydrogen (secondary N) is 1. The van der Waals surface area contributed by atoms with Crippen LogP contribution in [0.1, 0.15) is 35.8 Å². The molecule has 2 aliphatic rings. The van der Waals surface area contributed by atoms with Gasteiger partial charge in [-0.3, -0.25) is 9.69 Å². The molecule has 2 fully saturated rings. The molecule has 2 heterocycles. The van der Waals surface area contributed by atoms with Gasteiger partial charge in [-0.2, -0.15) is 0 Å². The topological polar surface area (TPSA) is 48.5 Å². The molecule has 26 heavy (non-hydrogen) atoms. The molecule has 0 unspecified atom stereocenters. The summed E-state index contributed by atoms with van der Waals surface area (Å²) in [5, 5.41) is 4.26. The van der Waals surface area contributed by atoms with Crippen LogP contribution < -0.4 is 10.2 Å². The number of aromatic nitrogens is 1. The maximum absolute atomic E-state index is 11.4. The van der Waals surface area contributed by atoms with Crippen LogP contribution in [0.2, 0.25) is 0 Å². The van der Waals surface area contributed by atoms with Gasteiger partial charge in [-0.15, -0.1) is 11.3 Å². The third kappa shape index (κ3) is 3.76. The van der Waals surface area contributed by atoms with E-state index in [9.17, 15) is 4.79 Å². The standard InChI is InChI=1S/C20H26N4OS/c1-15-13-21-19(26-15)24-11-9-23(10-12-24)14-17-3-5-18(6-4-17)20(7-8-20)22-16(2)25/h3-6,13H,7-12,14H2,1-2H3,(H,22,25). The molecule has 2 aromatic rings. The molecule has 0 atom stereocenters. The number of thiazole rings is 1. The molecular weight excluding hydrogens is 344 g/mol. The van der Waals surface area contributed by atoms with Gasteiger partial charge >= 0.3 is 0 Å². The van der Waals surface area contributed by atoms with Crippen molar-refractivity contribution < 1.29 is 4.79 Å². The van der Waals surface area contributed by atoms with Crippen molar-refractivity contribution >= 4 is 22.4 Å². The van der Waals surface area contributed by atoms with Gasteiger partial charge in [0.1, 0.15) is 0 Å². The summed E-state index contributed by atoms with van der Waals surface area (Å²) in [6.45, 7) is 8.90. The van der Waals surface area contributed by atoms with Crippen molar-refractivity contribution in [3.05, 3.63) is 46.5 Å². The number of aryl methyl sites for hydroxylation is 1. The summed E-state index contributed by atoms with van der Waals surface area (Å²) in [7, 11) is 0. The number of benzene rings is 1. The van der Waals surface area contributed by atoms with Gasteiger partial charge in [0, 0.05) is 50.7 Å². The highest BCUT2D eigenvalue weighted by Crippen LogP contribution is 2.45. The molecule has 1 saturated carbocycles. The molecule has 4 rings (SSSR count). The number of rotatable bonds is 5. The summed E-state index contributed by atoms with van der Waals surface area (Å²) in [6.07, 6.45) is 4.05. The largest absolute Gasteiger partial charge is 0.347 e. The Morgan fingerprint density at radius 3 is 2.42 bits per heavy atom. The van der Waals surface area contributed by atoms with Gasteiger partial charge in [0.25, 0.3) is 0 Å². The summed E-state index contributed by atoms with van der Waals surface area (Å²) >= 11 is 1.78. The van der Waals surface area contributed by atoms with Crippen molar-refractivity contribution in [3.8, 4) is 0 Å². The summed E-state index contributed by atoms with van der Waals surface area (Å²) in [6, 6.07) is 8.81. The maximum Gasteiger partial charge on any atom is 0.217 e. The number of piperazine rings is 1. The zero-order chi connectivity index (χ0) is 18.1. The minimum atomic E-state index is -0.0954. The highest BCUT2D eigenvalue weighted by molar-refractivity contribution is 7.15. The lowest BCUT2D eigenvalue weighted by atomic mass is 10.0. The Hall–Kier alpha value is -1.92. The summed E-state index contributed by atoms with van der Waals surface area (Å²) in [4.78, 5) is 22.1. The van der Waals surface area contributed by atoms with E-state index in [1.807, 2.05) is 6.20 Å². The molecule has 5 nitrogen and oxygen atoms in total. The van der Waals surface area contributed by atoms with Crippen molar-refractivity contribution in [2.45, 2.75) is 38.8 Å². The highest BCUT2D eigenvalue weighted by atomic mass is 32.1. The normalized spacial score (nSPS) is 19.4. The zero-order valence-electron chi connectivity index (χ0n) is 15.5. The Labute approximate surface area is 159 Å². The average molecular weight is 371 g/mol. The van der Waals surface area contributed by atoms with Crippen molar-refractivity contribution in [3.63, 3.8) is 0 Å². The lowest BCUT2D eigenvalue weighted by Gasteiger charge is -2.34. The Kier molecular flexibility index (Phi) is 4.71. The maximum atomic E-state index is 11.4. The lowest BCUT2D eigenvalue weighted by molar-refractivity contribution is -0.120. The number of carbonyl (C=O) groups excluding carboxylic acids is 1. The minimum absolute atomic E-state index is 0.0554. The Bertz CT molecular complexity index is 773. The Morgan fingerprint density at radius 1 is 1.19 bits per heavy atom. The number of hydrogen-bond acceptors (Lipinski definition) is 5. The fraction of sp³-hybridized carbons (Fsp3) is 0.500. The van der Waals surface area contributed by atoms with Crippen LogP contribution in [0.25, 0.3) is 0 Å². The molecule has 1 aromatic carbocycles. The van der Waals surface area contributed by atoms with E-state index in [-0.39, 0.29) is 11.4 Å². The Morgan fingerprint density at radius 2 is 1.88 bits per heavy atom. The van der Waals surface area contributed by atoms with Crippen LogP contribution in [0.3, 0.4) is 0 Å². The number of amides is 1. The summed E-state index contributed by atoms with van der Waals surface area (Å²) in [5.41, 5.74) is 2.48. The molecule has 1 aliphatic carbocycles. The van der Waals surface area contributed by atoms with E-state index in [4.69, 9.17) is 0 Å². The monoisotopic (exact) mass is 370 g/mol. The van der Waals surface area contributed by atoms with Gasteiger partial charge in [0.2, 0.25) is 5.91 Å². The quantitative estimate of drug-likeness (QED) is 0.879. The van der Waals surface area contributed by atoms with Gasteiger partial charge in [-0.25, -0.2) is 4.98 Å². The zero-order valence-corrected chi connectivity index (χ0v) is 16.3. The number of nitrogens with zero attached hydrogens (tertiary/aromatic N) is 3. The van der Waals surface area contributed by atoms with Gasteiger partial charge in [0.05, 0.1) is 5.54 Å². The first kappa shape index (κ1) is 17.5. The van der Waals surface area contributed by atoms with E-state index in [0.717, 1.165) is 50.7 Å². The molecular formula is C20H26N4OS. The smallest absolute Gasteiger partial charge is 0.217 e. The second-order valence-electron chi connectivity index (χ2n) is 7.48. The van der Waals surface area contributed by atoms with E-state index < -0.39 is 0 Å². The molecule has 1 saturated heterocycles. The predicted octanol–water partition coefficient (Wildman–Crippen LogP) is 2.90. The fourth-order valence-electron chi connectivity index (χ4n) is 3.72. The molecule has 138 valence electrons. The lowest BCUT2D eigenvalue weighted by Crippen LogP contribution is -2.45. The molecule has 1 N–H and O–H groups in total. The van der Waals surface area contributed by atoms with E-state index in [1.54, 1.807) is 18.3 Å². The second kappa shape index (κ2) is 7.00. The van der Waals surface area contributed by atoms with Crippen LogP contribution in [-0.4, -0.2) is 42.0 Å². The van der Waals surface area contributed by atoms with E-state index >= 15 is 0 Å². The highest BCUT2D eigenvalue weighted by Gasteiger charge is 2.44. The van der Waals surface area contributed by atoms with Gasteiger partial charge in [-0.05, 0) is 30.9 Å². The van der Waals surface area contributed by atoms with Crippen LogP contribution >= 0.6 is 11.3 Å². The van der Waals surface area contributed by atoms with E-state index in [1.165, 1.54) is 16.0 Å². The molecule has 6 heteroatoms. The Balaban J connectivity index is 1.32. The minimum Gasteiger partial charge on any atom is -0.347 e. The van der Waals surface area contributed by atoms with Crippen LogP contribution in [0, 0.1) is 6.92 Å². The first-order chi connectivity index (χ1) is 12.5. The van der Waals surface area contributed by atoms with Crippen LogP contribution in [0.5, 0.6) is 0 Å². The van der Waals surface area contributed by atoms with Crippen molar-refractivity contribution in [1.29, 1.82) is 0 Å². The molecule has 0 bridgehead atoms. The third-order valence-electron chi connectivity index (χ3n) is 5.33. The first-order valence-corrected chi connectivity index (χ1v) is 10.1. The number of hydrogen-bond donors (Lipinski definition) is 1. The van der Waals surface area contributed by atoms with Crippen molar-refractivity contribution in [2.75, 3.05) is 31.1 Å². The van der Waals surface area contributed by atoms with Gasteiger partial charge < -0.3 is 10.2 Å². The number of anilines is 1. The summed E-state index contributed by atoms with van der Waals surface area (Å²) in [5.74, 6) is 0.0554. The third-order valence-corrected chi connectivity index (χ3v) is 6.30. The van der Waals surface area contributed by atoms with Crippen LogP contribution in [0.15, 0.2) is 30.5 Å². The van der Waals surface area contributed by atoms with Gasteiger partial charge in [0.15, 0.2) is 5.13 Å². The molecule has 1 aromatic heterocycles. The van der Waals surface area contributed by atoms with E-state index in [2.05, 4.69) is 51.3 Å². The fourth-order valence-corrected chi connectivity index (χ4v) is 4.53. The van der Waals surface area contributed by atoms with Gasteiger partial charge in [-0.1, -0.05) is 24.3 Å². The van der Waals surface area contributed by atoms with Crippen LogP contribution in [-0.2, 0) is 16.9 Å². The van der Waals surface area contributed by atoms with E-state index in [0.29, 0.717) is 0 Å². The molecule has 0 radical (unpaired) electrons. The number of carbonyl (C=O) groups is 1. The molecule has 1 amide bonds. The van der Waals surface area contributed by atoms with Crippen molar-refractivity contribution in [2.24, 2.45) is 0 Å². The second-order valence-corrected chi connectivity index (χ2v) is 8.69. The average Bonchev–Trinajstić information content (AvgIpc) is 3.27. The molecule has 1 aliphatic heterocycles. The van der Waals surface area contributed by atoms with Crippen molar-refractivity contribution in [1.82, 2.24) is 15.2 Å².